The van der Waals surface area contributed by atoms with Crippen molar-refractivity contribution in [1.29, 1.82) is 0 Å². The molecule has 0 bridgehead atoms. The molecule has 1 amide bonds. The summed E-state index contributed by atoms with van der Waals surface area (Å²) in [5.74, 6) is -2.56. The van der Waals surface area contributed by atoms with Gasteiger partial charge in [0.2, 0.25) is 0 Å². The summed E-state index contributed by atoms with van der Waals surface area (Å²) < 4.78 is 14.2. The van der Waals surface area contributed by atoms with Gasteiger partial charge in [0.25, 0.3) is 5.91 Å². The lowest BCUT2D eigenvalue weighted by Crippen LogP contribution is -2.31. The molecule has 4 nitrogen and oxygen atoms in total. The molecule has 1 atom stereocenters. The maximum absolute atomic E-state index is 14.2. The topological polar surface area (TPSA) is 57.6 Å². The largest absolute Gasteiger partial charge is 0.503 e. The Kier molecular flexibility index (Phi) is 4.11. The highest BCUT2D eigenvalue weighted by atomic mass is 35.5. The first-order valence-corrected chi connectivity index (χ1v) is 7.57. The summed E-state index contributed by atoms with van der Waals surface area (Å²) in [5, 5.41) is 10.6. The number of hydrogen-bond acceptors (Lipinski definition) is 3. The van der Waals surface area contributed by atoms with E-state index in [0.717, 1.165) is 4.90 Å². The van der Waals surface area contributed by atoms with Gasteiger partial charge in [0, 0.05) is 5.02 Å². The summed E-state index contributed by atoms with van der Waals surface area (Å²) in [6.07, 6.45) is 0. The Labute approximate surface area is 142 Å². The molecule has 0 aromatic heterocycles. The van der Waals surface area contributed by atoms with Gasteiger partial charge in [-0.2, -0.15) is 0 Å². The van der Waals surface area contributed by atoms with Gasteiger partial charge in [0.05, 0.1) is 17.3 Å². The number of Topliss-reactive ketones (excluding diaryl/α,β-unsaturated/α-hetero) is 1. The molecule has 0 spiro atoms. The number of nitrogens with zero attached hydrogens (tertiary/aromatic N) is 1. The van der Waals surface area contributed by atoms with Crippen LogP contribution in [0.2, 0.25) is 5.02 Å². The van der Waals surface area contributed by atoms with Crippen molar-refractivity contribution >= 4 is 29.0 Å². The molecule has 1 N–H and O–H groups in total. The fourth-order valence-electron chi connectivity index (χ4n) is 2.82. The number of carbonyl (C=O) groups excluding carboxylic acids is 2. The third kappa shape index (κ3) is 2.57. The average Bonchev–Trinajstić information content (AvgIpc) is 2.81. The summed E-state index contributed by atoms with van der Waals surface area (Å²) in [5.41, 5.74) is 0.473. The fraction of sp³-hybridized carbons (Fsp3) is 0.111. The van der Waals surface area contributed by atoms with E-state index in [1.165, 1.54) is 25.1 Å². The molecule has 1 heterocycles. The number of carbonyl (C=O) groups is 2. The van der Waals surface area contributed by atoms with Gasteiger partial charge in [-0.3, -0.25) is 14.5 Å². The van der Waals surface area contributed by atoms with Crippen molar-refractivity contribution in [2.75, 3.05) is 4.90 Å². The molecule has 1 aliphatic heterocycles. The summed E-state index contributed by atoms with van der Waals surface area (Å²) in [7, 11) is 0. The zero-order chi connectivity index (χ0) is 17.4. The Morgan fingerprint density at radius 3 is 2.38 bits per heavy atom. The molecule has 2 aromatic rings. The van der Waals surface area contributed by atoms with Gasteiger partial charge < -0.3 is 5.11 Å². The van der Waals surface area contributed by atoms with E-state index < -0.39 is 29.3 Å². The monoisotopic (exact) mass is 345 g/mol. The number of halogens is 2. The third-order valence-electron chi connectivity index (χ3n) is 3.89. The van der Waals surface area contributed by atoms with Gasteiger partial charge in [0.1, 0.15) is 5.82 Å². The minimum absolute atomic E-state index is 0.00903. The summed E-state index contributed by atoms with van der Waals surface area (Å²) in [6.45, 7) is 1.26. The number of aliphatic hydroxyl groups excluding tert-OH is 1. The zero-order valence-electron chi connectivity index (χ0n) is 12.7. The lowest BCUT2D eigenvalue weighted by atomic mass is 9.96. The number of benzene rings is 2. The fourth-order valence-corrected chi connectivity index (χ4v) is 2.95. The van der Waals surface area contributed by atoms with E-state index in [9.17, 15) is 19.1 Å². The first-order valence-electron chi connectivity index (χ1n) is 7.19. The van der Waals surface area contributed by atoms with Crippen LogP contribution in [-0.4, -0.2) is 16.8 Å². The summed E-state index contributed by atoms with van der Waals surface area (Å²) >= 11 is 5.88. The molecule has 0 saturated carbocycles. The first kappa shape index (κ1) is 16.2. The van der Waals surface area contributed by atoms with Gasteiger partial charge in [-0.25, -0.2) is 4.39 Å². The van der Waals surface area contributed by atoms with Crippen LogP contribution in [0.4, 0.5) is 10.1 Å². The first-order chi connectivity index (χ1) is 11.4. The van der Waals surface area contributed by atoms with Crippen molar-refractivity contribution in [2.24, 2.45) is 0 Å². The Balaban J connectivity index is 2.21. The van der Waals surface area contributed by atoms with Crippen LogP contribution in [0.15, 0.2) is 59.9 Å². The van der Waals surface area contributed by atoms with Crippen LogP contribution in [0.5, 0.6) is 0 Å². The number of rotatable bonds is 3. The van der Waals surface area contributed by atoms with Crippen LogP contribution in [0.3, 0.4) is 0 Å². The van der Waals surface area contributed by atoms with E-state index in [1.807, 2.05) is 0 Å². The van der Waals surface area contributed by atoms with E-state index in [4.69, 9.17) is 11.6 Å². The molecule has 2 aromatic carbocycles. The number of para-hydroxylation sites is 1. The minimum Gasteiger partial charge on any atom is -0.503 e. The van der Waals surface area contributed by atoms with Gasteiger partial charge >= 0.3 is 0 Å². The smallest absolute Gasteiger partial charge is 0.294 e. The standard InChI is InChI=1S/C18H13ClFNO3/c1-10(22)15-16(11-6-8-12(19)9-7-11)21(18(24)17(15)23)14-5-3-2-4-13(14)20/h2-9,16,23H,1H3/t16-/m1/s1. The van der Waals surface area contributed by atoms with Crippen LogP contribution in [0.25, 0.3) is 0 Å². The van der Waals surface area contributed by atoms with E-state index >= 15 is 0 Å². The van der Waals surface area contributed by atoms with Crippen molar-refractivity contribution in [1.82, 2.24) is 0 Å². The molecule has 0 aliphatic carbocycles. The second-order valence-corrected chi connectivity index (χ2v) is 5.84. The van der Waals surface area contributed by atoms with Crippen LogP contribution in [0.1, 0.15) is 18.5 Å². The molecule has 122 valence electrons. The molecule has 0 unspecified atom stereocenters. The van der Waals surface area contributed by atoms with Gasteiger partial charge in [-0.15, -0.1) is 0 Å². The Morgan fingerprint density at radius 2 is 1.79 bits per heavy atom. The maximum Gasteiger partial charge on any atom is 0.294 e. The zero-order valence-corrected chi connectivity index (χ0v) is 13.4. The molecule has 1 aliphatic rings. The summed E-state index contributed by atoms with van der Waals surface area (Å²) in [4.78, 5) is 25.6. The van der Waals surface area contributed by atoms with Gasteiger partial charge in [0.15, 0.2) is 11.5 Å². The predicted octanol–water partition coefficient (Wildman–Crippen LogP) is 3.97. The lowest BCUT2D eigenvalue weighted by Gasteiger charge is -2.27. The van der Waals surface area contributed by atoms with Gasteiger partial charge in [-0.1, -0.05) is 35.9 Å². The molecule has 0 saturated heterocycles. The van der Waals surface area contributed by atoms with E-state index in [0.29, 0.717) is 10.6 Å². The van der Waals surface area contributed by atoms with Crippen molar-refractivity contribution in [3.8, 4) is 0 Å². The lowest BCUT2D eigenvalue weighted by molar-refractivity contribution is -0.117. The Hall–Kier alpha value is -2.66. The highest BCUT2D eigenvalue weighted by Crippen LogP contribution is 2.41. The van der Waals surface area contributed by atoms with Crippen LogP contribution in [0, 0.1) is 5.82 Å². The van der Waals surface area contributed by atoms with E-state index in [1.54, 1.807) is 30.3 Å². The highest BCUT2D eigenvalue weighted by Gasteiger charge is 2.44. The van der Waals surface area contributed by atoms with Crippen molar-refractivity contribution in [2.45, 2.75) is 13.0 Å². The highest BCUT2D eigenvalue weighted by molar-refractivity contribution is 6.30. The maximum atomic E-state index is 14.2. The molecular weight excluding hydrogens is 333 g/mol. The summed E-state index contributed by atoms with van der Waals surface area (Å²) in [6, 6.07) is 11.3. The second kappa shape index (κ2) is 6.09. The quantitative estimate of drug-likeness (QED) is 0.915. The number of ketones is 1. The normalized spacial score (nSPS) is 17.5. The van der Waals surface area contributed by atoms with E-state index in [-0.39, 0.29) is 11.3 Å². The third-order valence-corrected chi connectivity index (χ3v) is 4.14. The predicted molar refractivity (Wildman–Crippen MR) is 88.4 cm³/mol. The van der Waals surface area contributed by atoms with Crippen molar-refractivity contribution in [3.63, 3.8) is 0 Å². The molecule has 24 heavy (non-hydrogen) atoms. The van der Waals surface area contributed by atoms with E-state index in [2.05, 4.69) is 0 Å². The number of anilines is 1. The van der Waals surface area contributed by atoms with Crippen molar-refractivity contribution in [3.05, 3.63) is 76.3 Å². The molecular formula is C18H13ClFNO3. The second-order valence-electron chi connectivity index (χ2n) is 5.40. The van der Waals surface area contributed by atoms with Gasteiger partial charge in [-0.05, 0) is 36.8 Å². The Bertz CT molecular complexity index is 861. The van der Waals surface area contributed by atoms with Crippen LogP contribution in [-0.2, 0) is 9.59 Å². The SMILES string of the molecule is CC(=O)C1=C(O)C(=O)N(c2ccccc2F)[C@@H]1c1ccc(Cl)cc1. The van der Waals surface area contributed by atoms with Crippen LogP contribution < -0.4 is 4.90 Å². The number of amides is 1. The minimum atomic E-state index is -0.913. The van der Waals surface area contributed by atoms with Crippen LogP contribution >= 0.6 is 11.6 Å². The Morgan fingerprint density at radius 1 is 1.17 bits per heavy atom. The molecule has 0 radical (unpaired) electrons. The molecule has 3 rings (SSSR count). The average molecular weight is 346 g/mol. The molecule has 6 heteroatoms. The van der Waals surface area contributed by atoms with Crippen molar-refractivity contribution < 1.29 is 19.1 Å². The molecule has 0 fully saturated rings. The number of hydrogen-bond donors (Lipinski definition) is 1. The number of aliphatic hydroxyl groups is 1.